The molecule has 98 valence electrons. The first-order valence-corrected chi connectivity index (χ1v) is 6.68. The summed E-state index contributed by atoms with van der Waals surface area (Å²) in [5, 5.41) is 0.419. The van der Waals surface area contributed by atoms with Crippen molar-refractivity contribution in [2.75, 3.05) is 18.9 Å². The molecule has 0 bridgehead atoms. The first-order valence-electron chi connectivity index (χ1n) is 5.69. The third-order valence-corrected chi connectivity index (χ3v) is 3.47. The summed E-state index contributed by atoms with van der Waals surface area (Å²) < 4.78 is 10.2. The molecule has 1 fully saturated rings. The molecular weight excluding hydrogens is 268 g/mol. The van der Waals surface area contributed by atoms with Crippen molar-refractivity contribution in [1.82, 2.24) is 9.88 Å². The minimum absolute atomic E-state index is 0.0991. The maximum Gasteiger partial charge on any atom is 0.416 e. The number of ether oxygens (including phenoxy) is 1. The molecule has 0 N–H and O–H groups in total. The third kappa shape index (κ3) is 2.41. The summed E-state index contributed by atoms with van der Waals surface area (Å²) in [4.78, 5) is 28.3. The Hall–Kier alpha value is -2.02. The van der Waals surface area contributed by atoms with Crippen LogP contribution >= 0.6 is 11.8 Å². The molecule has 1 aliphatic rings. The topological polar surface area (TPSA) is 72.6 Å². The van der Waals surface area contributed by atoms with Gasteiger partial charge in [0.05, 0.1) is 12.3 Å². The zero-order valence-corrected chi connectivity index (χ0v) is 10.7. The van der Waals surface area contributed by atoms with Gasteiger partial charge in [0.25, 0.3) is 5.22 Å². The van der Waals surface area contributed by atoms with Gasteiger partial charge in [-0.2, -0.15) is 0 Å². The predicted molar refractivity (Wildman–Crippen MR) is 67.8 cm³/mol. The number of para-hydroxylation sites is 2. The van der Waals surface area contributed by atoms with E-state index in [2.05, 4.69) is 4.98 Å². The van der Waals surface area contributed by atoms with E-state index in [0.717, 1.165) is 10.4 Å². The van der Waals surface area contributed by atoms with E-state index in [1.54, 1.807) is 0 Å². The van der Waals surface area contributed by atoms with Crippen LogP contribution in [0.5, 0.6) is 0 Å². The number of nitrogens with zero attached hydrogens (tertiary/aromatic N) is 2. The molecule has 2 amide bonds. The van der Waals surface area contributed by atoms with E-state index in [1.807, 2.05) is 24.3 Å². The van der Waals surface area contributed by atoms with Gasteiger partial charge in [-0.1, -0.05) is 23.9 Å². The lowest BCUT2D eigenvalue weighted by atomic mass is 10.3. The summed E-state index contributed by atoms with van der Waals surface area (Å²) in [6, 6.07) is 7.37. The highest BCUT2D eigenvalue weighted by atomic mass is 32.2. The molecule has 0 unspecified atom stereocenters. The molecule has 0 radical (unpaired) electrons. The van der Waals surface area contributed by atoms with E-state index in [9.17, 15) is 9.59 Å². The highest BCUT2D eigenvalue weighted by Crippen LogP contribution is 2.23. The maximum absolute atomic E-state index is 11.8. The standard InChI is InChI=1S/C12H10N2O4S/c15-10(14-5-6-17-12(14)16)7-19-11-13-8-3-1-2-4-9(8)18-11/h1-4H,5-7H2. The number of hydrogen-bond acceptors (Lipinski definition) is 6. The van der Waals surface area contributed by atoms with Crippen LogP contribution in [0.2, 0.25) is 0 Å². The van der Waals surface area contributed by atoms with Gasteiger partial charge in [-0.25, -0.2) is 14.7 Å². The Kier molecular flexibility index (Phi) is 3.12. The van der Waals surface area contributed by atoms with Crippen molar-refractivity contribution in [3.05, 3.63) is 24.3 Å². The molecule has 7 heteroatoms. The zero-order valence-electron chi connectivity index (χ0n) is 9.87. The average molecular weight is 278 g/mol. The number of thioether (sulfide) groups is 1. The number of carbonyl (C=O) groups excluding carboxylic acids is 2. The van der Waals surface area contributed by atoms with E-state index in [0.29, 0.717) is 17.4 Å². The Balaban J connectivity index is 1.65. The van der Waals surface area contributed by atoms with E-state index >= 15 is 0 Å². The second-order valence-electron chi connectivity index (χ2n) is 3.90. The summed E-state index contributed by atoms with van der Waals surface area (Å²) in [7, 11) is 0. The maximum atomic E-state index is 11.8. The lowest BCUT2D eigenvalue weighted by Gasteiger charge is -2.08. The minimum atomic E-state index is -0.580. The van der Waals surface area contributed by atoms with Crippen LogP contribution in [0.15, 0.2) is 33.9 Å². The fourth-order valence-corrected chi connectivity index (χ4v) is 2.45. The van der Waals surface area contributed by atoms with Gasteiger partial charge in [0.1, 0.15) is 12.1 Å². The molecular formula is C12H10N2O4S. The average Bonchev–Trinajstić information content (AvgIpc) is 3.01. The third-order valence-electron chi connectivity index (χ3n) is 2.66. The normalized spacial score (nSPS) is 14.9. The molecule has 0 atom stereocenters. The van der Waals surface area contributed by atoms with Crippen LogP contribution in [0.1, 0.15) is 0 Å². The number of carbonyl (C=O) groups is 2. The van der Waals surface area contributed by atoms with Crippen LogP contribution in [-0.2, 0) is 9.53 Å². The monoisotopic (exact) mass is 278 g/mol. The molecule has 1 saturated heterocycles. The summed E-state index contributed by atoms with van der Waals surface area (Å²) in [5.41, 5.74) is 1.43. The van der Waals surface area contributed by atoms with Gasteiger partial charge in [0.2, 0.25) is 5.91 Å². The first-order chi connectivity index (χ1) is 9.24. The molecule has 19 heavy (non-hydrogen) atoms. The van der Waals surface area contributed by atoms with Gasteiger partial charge in [-0.15, -0.1) is 0 Å². The van der Waals surface area contributed by atoms with E-state index in [-0.39, 0.29) is 18.3 Å². The van der Waals surface area contributed by atoms with Crippen molar-refractivity contribution < 1.29 is 18.7 Å². The number of oxazole rings is 1. The Morgan fingerprint density at radius 1 is 1.42 bits per heavy atom. The summed E-state index contributed by atoms with van der Waals surface area (Å²) >= 11 is 1.17. The molecule has 1 aromatic carbocycles. The lowest BCUT2D eigenvalue weighted by Crippen LogP contribution is -2.32. The number of benzene rings is 1. The van der Waals surface area contributed by atoms with Crippen LogP contribution in [0.4, 0.5) is 4.79 Å². The summed E-state index contributed by atoms with van der Waals surface area (Å²) in [5.74, 6) is -0.197. The van der Waals surface area contributed by atoms with Crippen LogP contribution < -0.4 is 0 Å². The largest absolute Gasteiger partial charge is 0.447 e. The number of fused-ring (bicyclic) bond motifs is 1. The van der Waals surface area contributed by atoms with Crippen molar-refractivity contribution in [3.8, 4) is 0 Å². The van der Waals surface area contributed by atoms with Crippen LogP contribution in [0, 0.1) is 0 Å². The Labute approximate surface area is 112 Å². The minimum Gasteiger partial charge on any atom is -0.447 e. The highest BCUT2D eigenvalue weighted by molar-refractivity contribution is 7.99. The smallest absolute Gasteiger partial charge is 0.416 e. The molecule has 2 aromatic rings. The van der Waals surface area contributed by atoms with Gasteiger partial charge in [-0.05, 0) is 12.1 Å². The van der Waals surface area contributed by atoms with Gasteiger partial charge >= 0.3 is 6.09 Å². The Morgan fingerprint density at radius 3 is 3.00 bits per heavy atom. The lowest BCUT2D eigenvalue weighted by molar-refractivity contribution is -0.125. The van der Waals surface area contributed by atoms with Crippen molar-refractivity contribution in [1.29, 1.82) is 0 Å². The Bertz CT molecular complexity index is 606. The van der Waals surface area contributed by atoms with E-state index in [4.69, 9.17) is 9.15 Å². The van der Waals surface area contributed by atoms with Crippen LogP contribution in [-0.4, -0.2) is 40.8 Å². The number of aromatic nitrogens is 1. The fourth-order valence-electron chi connectivity index (χ4n) is 1.73. The van der Waals surface area contributed by atoms with Crippen molar-refractivity contribution in [2.45, 2.75) is 5.22 Å². The van der Waals surface area contributed by atoms with Crippen molar-refractivity contribution in [2.24, 2.45) is 0 Å². The number of cyclic esters (lactones) is 1. The van der Waals surface area contributed by atoms with Crippen LogP contribution in [0.3, 0.4) is 0 Å². The Morgan fingerprint density at radius 2 is 2.26 bits per heavy atom. The van der Waals surface area contributed by atoms with Crippen LogP contribution in [0.25, 0.3) is 11.1 Å². The number of amides is 2. The first kappa shape index (κ1) is 12.0. The number of imide groups is 1. The summed E-state index contributed by atoms with van der Waals surface area (Å²) in [6.45, 7) is 0.573. The van der Waals surface area contributed by atoms with E-state index < -0.39 is 6.09 Å². The highest BCUT2D eigenvalue weighted by Gasteiger charge is 2.28. The molecule has 2 heterocycles. The molecule has 1 aliphatic heterocycles. The van der Waals surface area contributed by atoms with Crippen molar-refractivity contribution in [3.63, 3.8) is 0 Å². The van der Waals surface area contributed by atoms with Crippen molar-refractivity contribution >= 4 is 34.9 Å². The number of rotatable bonds is 3. The summed E-state index contributed by atoms with van der Waals surface area (Å²) in [6.07, 6.45) is -0.580. The van der Waals surface area contributed by atoms with Gasteiger partial charge in [-0.3, -0.25) is 4.79 Å². The predicted octanol–water partition coefficient (Wildman–Crippen LogP) is 1.90. The van der Waals surface area contributed by atoms with Gasteiger partial charge in [0.15, 0.2) is 5.58 Å². The molecule has 0 spiro atoms. The second-order valence-corrected chi connectivity index (χ2v) is 4.82. The fraction of sp³-hybridized carbons (Fsp3) is 0.250. The zero-order chi connectivity index (χ0) is 13.2. The SMILES string of the molecule is O=C(CSc1nc2ccccc2o1)N1CCOC1=O. The molecule has 6 nitrogen and oxygen atoms in total. The quantitative estimate of drug-likeness (QED) is 0.798. The molecule has 1 aromatic heterocycles. The molecule has 3 rings (SSSR count). The molecule has 0 aliphatic carbocycles. The van der Waals surface area contributed by atoms with E-state index in [1.165, 1.54) is 11.8 Å². The number of hydrogen-bond donors (Lipinski definition) is 0. The molecule has 0 saturated carbocycles. The second kappa shape index (κ2) is 4.93. The van der Waals surface area contributed by atoms with Gasteiger partial charge < -0.3 is 9.15 Å². The van der Waals surface area contributed by atoms with Gasteiger partial charge in [0, 0.05) is 0 Å².